The van der Waals surface area contributed by atoms with Gasteiger partial charge in [-0.05, 0) is 30.7 Å². The van der Waals surface area contributed by atoms with E-state index < -0.39 is 24.1 Å². The zero-order valence-corrected chi connectivity index (χ0v) is 13.1. The number of aryl methyl sites for hydroxylation is 1. The normalized spacial score (nSPS) is 27.0. The summed E-state index contributed by atoms with van der Waals surface area (Å²) in [4.78, 5) is 22.9. The summed E-state index contributed by atoms with van der Waals surface area (Å²) in [6.45, 7) is 0. The summed E-state index contributed by atoms with van der Waals surface area (Å²) < 4.78 is 0. The fourth-order valence-electron chi connectivity index (χ4n) is 3.44. The van der Waals surface area contributed by atoms with Crippen molar-refractivity contribution in [1.82, 2.24) is 0 Å². The molecule has 2 rings (SSSR count). The van der Waals surface area contributed by atoms with Crippen LogP contribution in [0.15, 0.2) is 30.3 Å². The number of aliphatic hydroxyl groups excluding tert-OH is 2. The van der Waals surface area contributed by atoms with E-state index in [-0.39, 0.29) is 24.5 Å². The van der Waals surface area contributed by atoms with Crippen LogP contribution in [0.1, 0.15) is 37.7 Å². The number of hydrogen-bond acceptors (Lipinski definition) is 4. The van der Waals surface area contributed by atoms with Gasteiger partial charge in [-0.2, -0.15) is 0 Å². The van der Waals surface area contributed by atoms with Gasteiger partial charge in [0.2, 0.25) is 0 Å². The number of benzene rings is 1. The molecule has 0 unspecified atom stereocenters. The van der Waals surface area contributed by atoms with Crippen LogP contribution in [0.5, 0.6) is 0 Å². The predicted molar refractivity (Wildman–Crippen MR) is 84.9 cm³/mol. The van der Waals surface area contributed by atoms with E-state index in [2.05, 4.69) is 0 Å². The lowest BCUT2D eigenvalue weighted by molar-refractivity contribution is -0.139. The molecule has 0 bridgehead atoms. The molecule has 0 aromatic heterocycles. The molecule has 0 radical (unpaired) electrons. The molecular formula is C18H24O5. The number of ketones is 1. The van der Waals surface area contributed by atoms with Gasteiger partial charge in [-0.15, -0.1) is 0 Å². The average Bonchev–Trinajstić information content (AvgIpc) is 2.77. The van der Waals surface area contributed by atoms with Gasteiger partial charge in [0.25, 0.3) is 0 Å². The Kier molecular flexibility index (Phi) is 6.30. The first-order chi connectivity index (χ1) is 11.0. The van der Waals surface area contributed by atoms with E-state index in [0.717, 1.165) is 5.56 Å². The highest BCUT2D eigenvalue weighted by Gasteiger charge is 2.42. The number of carbonyl (C=O) groups excluding carboxylic acids is 1. The molecule has 0 aliphatic heterocycles. The fourth-order valence-corrected chi connectivity index (χ4v) is 3.44. The second kappa shape index (κ2) is 8.22. The molecule has 1 aromatic rings. The van der Waals surface area contributed by atoms with E-state index in [1.807, 2.05) is 30.3 Å². The summed E-state index contributed by atoms with van der Waals surface area (Å²) in [6, 6.07) is 9.76. The molecule has 1 aromatic carbocycles. The maximum absolute atomic E-state index is 12.0. The average molecular weight is 320 g/mol. The van der Waals surface area contributed by atoms with Crippen molar-refractivity contribution >= 4 is 11.8 Å². The van der Waals surface area contributed by atoms with Crippen LogP contribution in [0.3, 0.4) is 0 Å². The van der Waals surface area contributed by atoms with Crippen molar-refractivity contribution in [2.75, 3.05) is 0 Å². The number of aliphatic hydroxyl groups is 2. The molecule has 3 N–H and O–H groups in total. The molecule has 23 heavy (non-hydrogen) atoms. The summed E-state index contributed by atoms with van der Waals surface area (Å²) >= 11 is 0. The van der Waals surface area contributed by atoms with E-state index in [0.29, 0.717) is 25.7 Å². The third kappa shape index (κ3) is 5.15. The highest BCUT2D eigenvalue weighted by molar-refractivity contribution is 5.78. The number of hydrogen-bond donors (Lipinski definition) is 3. The number of Topliss-reactive ketones (excluding diaryl/α,β-unsaturated/α-hetero) is 1. The molecule has 0 saturated heterocycles. The van der Waals surface area contributed by atoms with Crippen molar-refractivity contribution in [2.24, 2.45) is 11.8 Å². The summed E-state index contributed by atoms with van der Waals surface area (Å²) in [5.41, 5.74) is 1.11. The number of carboxylic acid groups (broad SMARTS) is 1. The highest BCUT2D eigenvalue weighted by Crippen LogP contribution is 2.37. The Morgan fingerprint density at radius 2 is 1.65 bits per heavy atom. The van der Waals surface area contributed by atoms with Crippen LogP contribution in [0.2, 0.25) is 0 Å². The summed E-state index contributed by atoms with van der Waals surface area (Å²) in [5, 5.41) is 28.8. The lowest BCUT2D eigenvalue weighted by atomic mass is 9.86. The Labute approximate surface area is 136 Å². The largest absolute Gasteiger partial charge is 0.481 e. The van der Waals surface area contributed by atoms with Gasteiger partial charge < -0.3 is 15.3 Å². The molecule has 1 saturated carbocycles. The molecule has 1 fully saturated rings. The first kappa shape index (κ1) is 17.6. The maximum Gasteiger partial charge on any atom is 0.303 e. The van der Waals surface area contributed by atoms with Crippen LogP contribution in [0.25, 0.3) is 0 Å². The summed E-state index contributed by atoms with van der Waals surface area (Å²) in [5.74, 6) is -1.66. The maximum atomic E-state index is 12.0. The van der Waals surface area contributed by atoms with E-state index >= 15 is 0 Å². The Morgan fingerprint density at radius 3 is 2.30 bits per heavy atom. The minimum Gasteiger partial charge on any atom is -0.481 e. The number of rotatable bonds is 8. The fraction of sp³-hybridized carbons (Fsp3) is 0.556. The first-order valence-corrected chi connectivity index (χ1v) is 8.11. The standard InChI is InChI=1S/C18H24O5/c19-13(7-6-12-4-2-1-3-5-12)8-9-14-15(10-18(22)23)17(21)11-16(14)20/h1-5,14-17,20-21H,6-11H2,(H,22,23)/t14-,15-,16-,17+/m0/s1. The molecule has 0 heterocycles. The van der Waals surface area contributed by atoms with E-state index in [4.69, 9.17) is 5.11 Å². The van der Waals surface area contributed by atoms with Gasteiger partial charge in [-0.1, -0.05) is 30.3 Å². The predicted octanol–water partition coefficient (Wildman–Crippen LogP) is 1.80. The van der Waals surface area contributed by atoms with E-state index in [1.54, 1.807) is 0 Å². The van der Waals surface area contributed by atoms with Crippen LogP contribution in [-0.4, -0.2) is 39.3 Å². The van der Waals surface area contributed by atoms with Gasteiger partial charge in [-0.3, -0.25) is 9.59 Å². The Hall–Kier alpha value is -1.72. The number of aliphatic carboxylic acids is 1. The van der Waals surface area contributed by atoms with Gasteiger partial charge in [-0.25, -0.2) is 0 Å². The van der Waals surface area contributed by atoms with Gasteiger partial charge in [0, 0.05) is 18.8 Å². The van der Waals surface area contributed by atoms with Crippen molar-refractivity contribution in [3.8, 4) is 0 Å². The Balaban J connectivity index is 1.81. The SMILES string of the molecule is O=C(O)C[C@H]1[C@H](CCC(=O)CCc2ccccc2)[C@@H](O)C[C@H]1O. The molecule has 126 valence electrons. The zero-order chi connectivity index (χ0) is 16.8. The minimum atomic E-state index is -0.983. The third-order valence-electron chi connectivity index (χ3n) is 4.72. The van der Waals surface area contributed by atoms with Gasteiger partial charge in [0.1, 0.15) is 5.78 Å². The first-order valence-electron chi connectivity index (χ1n) is 8.11. The Bertz CT molecular complexity index is 527. The molecular weight excluding hydrogens is 296 g/mol. The molecule has 0 amide bonds. The molecule has 1 aliphatic carbocycles. The lowest BCUT2D eigenvalue weighted by Crippen LogP contribution is -2.25. The number of carbonyl (C=O) groups is 2. The smallest absolute Gasteiger partial charge is 0.303 e. The van der Waals surface area contributed by atoms with Gasteiger partial charge in [0.05, 0.1) is 18.6 Å². The van der Waals surface area contributed by atoms with E-state index in [9.17, 15) is 19.8 Å². The zero-order valence-electron chi connectivity index (χ0n) is 13.1. The van der Waals surface area contributed by atoms with Crippen molar-refractivity contribution in [3.05, 3.63) is 35.9 Å². The van der Waals surface area contributed by atoms with Crippen molar-refractivity contribution in [2.45, 2.75) is 50.7 Å². The van der Waals surface area contributed by atoms with Crippen LogP contribution in [0.4, 0.5) is 0 Å². The highest BCUT2D eigenvalue weighted by atomic mass is 16.4. The second-order valence-electron chi connectivity index (χ2n) is 6.36. The van der Waals surface area contributed by atoms with Crippen molar-refractivity contribution in [1.29, 1.82) is 0 Å². The van der Waals surface area contributed by atoms with Crippen molar-refractivity contribution < 1.29 is 24.9 Å². The topological polar surface area (TPSA) is 94.8 Å². The monoisotopic (exact) mass is 320 g/mol. The summed E-state index contributed by atoms with van der Waals surface area (Å²) in [6.07, 6.45) is 0.387. The van der Waals surface area contributed by atoms with Crippen LogP contribution in [0, 0.1) is 11.8 Å². The third-order valence-corrected chi connectivity index (χ3v) is 4.72. The van der Waals surface area contributed by atoms with Gasteiger partial charge >= 0.3 is 5.97 Å². The summed E-state index contributed by atoms with van der Waals surface area (Å²) in [7, 11) is 0. The molecule has 5 nitrogen and oxygen atoms in total. The van der Waals surface area contributed by atoms with Crippen LogP contribution >= 0.6 is 0 Å². The molecule has 1 aliphatic rings. The van der Waals surface area contributed by atoms with E-state index in [1.165, 1.54) is 0 Å². The van der Waals surface area contributed by atoms with Crippen molar-refractivity contribution in [3.63, 3.8) is 0 Å². The molecule has 4 atom stereocenters. The molecule has 5 heteroatoms. The minimum absolute atomic E-state index is 0.108. The number of carboxylic acids is 1. The molecule has 0 spiro atoms. The quantitative estimate of drug-likeness (QED) is 0.679. The lowest BCUT2D eigenvalue weighted by Gasteiger charge is -2.21. The second-order valence-corrected chi connectivity index (χ2v) is 6.36. The van der Waals surface area contributed by atoms with Gasteiger partial charge in [0.15, 0.2) is 0 Å². The van der Waals surface area contributed by atoms with Crippen LogP contribution in [-0.2, 0) is 16.0 Å². The van der Waals surface area contributed by atoms with Crippen LogP contribution < -0.4 is 0 Å². The Morgan fingerprint density at radius 1 is 1.00 bits per heavy atom.